The zero-order valence-electron chi connectivity index (χ0n) is 14.6. The Morgan fingerprint density at radius 3 is 2.64 bits per heavy atom. The van der Waals surface area contributed by atoms with E-state index in [1.807, 2.05) is 11.8 Å². The average molecular weight is 379 g/mol. The van der Waals surface area contributed by atoms with E-state index in [2.05, 4.69) is 0 Å². The van der Waals surface area contributed by atoms with Gasteiger partial charge in [0.05, 0.1) is 5.56 Å². The zero-order valence-corrected chi connectivity index (χ0v) is 15.4. The molecule has 7 heteroatoms. The molecule has 3 nitrogen and oxygen atoms in total. The van der Waals surface area contributed by atoms with Gasteiger partial charge >= 0.3 is 6.18 Å². The SMILES string of the molecule is CC(CC(=O)N1CCCC(C(C)N)C1)c1cccc(C(F)(F)F)c1.Cl. The maximum absolute atomic E-state index is 12.8. The lowest BCUT2D eigenvalue weighted by molar-refractivity contribution is -0.137. The molecule has 1 aliphatic rings. The molecule has 2 rings (SSSR count). The highest BCUT2D eigenvalue weighted by molar-refractivity contribution is 5.85. The molecule has 142 valence electrons. The van der Waals surface area contributed by atoms with Crippen molar-refractivity contribution in [2.45, 2.75) is 51.2 Å². The van der Waals surface area contributed by atoms with E-state index in [0.717, 1.165) is 25.0 Å². The van der Waals surface area contributed by atoms with Gasteiger partial charge in [0.15, 0.2) is 0 Å². The van der Waals surface area contributed by atoms with Gasteiger partial charge in [0, 0.05) is 25.6 Å². The highest BCUT2D eigenvalue weighted by atomic mass is 35.5. The lowest BCUT2D eigenvalue weighted by Crippen LogP contribution is -2.45. The van der Waals surface area contributed by atoms with Crippen LogP contribution in [-0.2, 0) is 11.0 Å². The Labute approximate surface area is 153 Å². The minimum absolute atomic E-state index is 0. The molecular weight excluding hydrogens is 353 g/mol. The summed E-state index contributed by atoms with van der Waals surface area (Å²) in [5.74, 6) is 0.0345. The Morgan fingerprint density at radius 1 is 1.36 bits per heavy atom. The van der Waals surface area contributed by atoms with Crippen molar-refractivity contribution >= 4 is 18.3 Å². The molecule has 1 aromatic carbocycles. The highest BCUT2D eigenvalue weighted by Crippen LogP contribution is 2.32. The number of carbonyl (C=O) groups is 1. The summed E-state index contributed by atoms with van der Waals surface area (Å²) in [6.45, 7) is 5.09. The first-order valence-corrected chi connectivity index (χ1v) is 8.39. The summed E-state index contributed by atoms with van der Waals surface area (Å²) < 4.78 is 38.4. The monoisotopic (exact) mass is 378 g/mol. The van der Waals surface area contributed by atoms with E-state index in [1.54, 1.807) is 13.0 Å². The first kappa shape index (κ1) is 21.8. The second-order valence-corrected chi connectivity index (χ2v) is 6.83. The number of amides is 1. The van der Waals surface area contributed by atoms with Crippen molar-refractivity contribution in [2.75, 3.05) is 13.1 Å². The van der Waals surface area contributed by atoms with Crippen LogP contribution < -0.4 is 5.73 Å². The first-order chi connectivity index (χ1) is 11.2. The molecule has 1 heterocycles. The number of alkyl halides is 3. The minimum Gasteiger partial charge on any atom is -0.342 e. The van der Waals surface area contributed by atoms with Crippen LogP contribution >= 0.6 is 12.4 Å². The normalized spacial score (nSPS) is 20.6. The molecule has 25 heavy (non-hydrogen) atoms. The van der Waals surface area contributed by atoms with E-state index in [1.165, 1.54) is 6.07 Å². The summed E-state index contributed by atoms with van der Waals surface area (Å²) in [5.41, 5.74) is 5.80. The number of hydrogen-bond donors (Lipinski definition) is 1. The molecule has 0 bridgehead atoms. The summed E-state index contributed by atoms with van der Waals surface area (Å²) in [4.78, 5) is 14.3. The summed E-state index contributed by atoms with van der Waals surface area (Å²) in [5, 5.41) is 0. The summed E-state index contributed by atoms with van der Waals surface area (Å²) in [7, 11) is 0. The lowest BCUT2D eigenvalue weighted by atomic mass is 9.91. The van der Waals surface area contributed by atoms with Crippen LogP contribution in [0.15, 0.2) is 24.3 Å². The fourth-order valence-corrected chi connectivity index (χ4v) is 3.20. The van der Waals surface area contributed by atoms with Crippen LogP contribution in [0, 0.1) is 5.92 Å². The third-order valence-electron chi connectivity index (χ3n) is 4.82. The maximum atomic E-state index is 12.8. The minimum atomic E-state index is -4.36. The van der Waals surface area contributed by atoms with Crippen molar-refractivity contribution < 1.29 is 18.0 Å². The van der Waals surface area contributed by atoms with Gasteiger partial charge in [-0.2, -0.15) is 13.2 Å². The standard InChI is InChI=1S/C18H25F3N2O.ClH/c1-12(14-5-3-7-16(10-14)18(19,20)21)9-17(24)23-8-4-6-15(11-23)13(2)22;/h3,5,7,10,12-13,15H,4,6,8-9,11,22H2,1-2H3;1H. The van der Waals surface area contributed by atoms with Crippen LogP contribution in [0.4, 0.5) is 13.2 Å². The fourth-order valence-electron chi connectivity index (χ4n) is 3.20. The van der Waals surface area contributed by atoms with Gasteiger partial charge in [0.1, 0.15) is 0 Å². The molecular formula is C18H26ClF3N2O. The predicted molar refractivity (Wildman–Crippen MR) is 94.7 cm³/mol. The number of rotatable bonds is 4. The van der Waals surface area contributed by atoms with Gasteiger partial charge in [-0.05, 0) is 43.2 Å². The van der Waals surface area contributed by atoms with Gasteiger partial charge in [-0.15, -0.1) is 12.4 Å². The van der Waals surface area contributed by atoms with Crippen LogP contribution in [-0.4, -0.2) is 29.9 Å². The van der Waals surface area contributed by atoms with Crippen LogP contribution in [0.3, 0.4) is 0 Å². The van der Waals surface area contributed by atoms with E-state index in [0.29, 0.717) is 24.6 Å². The topological polar surface area (TPSA) is 46.3 Å². The number of carbonyl (C=O) groups excluding carboxylic acids is 1. The number of likely N-dealkylation sites (tertiary alicyclic amines) is 1. The van der Waals surface area contributed by atoms with Crippen molar-refractivity contribution in [1.82, 2.24) is 4.90 Å². The smallest absolute Gasteiger partial charge is 0.342 e. The molecule has 1 saturated heterocycles. The third kappa shape index (κ3) is 5.89. The van der Waals surface area contributed by atoms with E-state index in [-0.39, 0.29) is 36.7 Å². The van der Waals surface area contributed by atoms with Crippen molar-refractivity contribution in [3.63, 3.8) is 0 Å². The number of halogens is 4. The molecule has 1 aliphatic heterocycles. The molecule has 1 aromatic rings. The predicted octanol–water partition coefficient (Wildman–Crippen LogP) is 4.21. The van der Waals surface area contributed by atoms with Gasteiger partial charge in [-0.25, -0.2) is 0 Å². The molecule has 3 atom stereocenters. The number of hydrogen-bond acceptors (Lipinski definition) is 2. The van der Waals surface area contributed by atoms with Crippen LogP contribution in [0.1, 0.15) is 50.2 Å². The van der Waals surface area contributed by atoms with E-state index < -0.39 is 11.7 Å². The van der Waals surface area contributed by atoms with E-state index in [4.69, 9.17) is 5.73 Å². The molecule has 3 unspecified atom stereocenters. The largest absolute Gasteiger partial charge is 0.416 e. The molecule has 0 radical (unpaired) electrons. The molecule has 1 amide bonds. The zero-order chi connectivity index (χ0) is 17.9. The van der Waals surface area contributed by atoms with Crippen LogP contribution in [0.2, 0.25) is 0 Å². The maximum Gasteiger partial charge on any atom is 0.416 e. The van der Waals surface area contributed by atoms with Crippen molar-refractivity contribution in [3.05, 3.63) is 35.4 Å². The summed E-state index contributed by atoms with van der Waals surface area (Å²) >= 11 is 0. The molecule has 0 saturated carbocycles. The molecule has 0 spiro atoms. The fraction of sp³-hybridized carbons (Fsp3) is 0.611. The van der Waals surface area contributed by atoms with Gasteiger partial charge in [0.25, 0.3) is 0 Å². The van der Waals surface area contributed by atoms with Gasteiger partial charge in [0.2, 0.25) is 5.91 Å². The average Bonchev–Trinajstić information content (AvgIpc) is 2.54. The number of benzene rings is 1. The van der Waals surface area contributed by atoms with E-state index >= 15 is 0 Å². The van der Waals surface area contributed by atoms with Crippen molar-refractivity contribution in [3.8, 4) is 0 Å². The second kappa shape index (κ2) is 8.90. The third-order valence-corrected chi connectivity index (χ3v) is 4.82. The quantitative estimate of drug-likeness (QED) is 0.853. The van der Waals surface area contributed by atoms with Gasteiger partial charge in [-0.3, -0.25) is 4.79 Å². The summed E-state index contributed by atoms with van der Waals surface area (Å²) in [6.07, 6.45) is -2.20. The molecule has 1 fully saturated rings. The second-order valence-electron chi connectivity index (χ2n) is 6.83. The molecule has 2 N–H and O–H groups in total. The Kier molecular flexibility index (Phi) is 7.75. The van der Waals surface area contributed by atoms with Crippen molar-refractivity contribution in [2.24, 2.45) is 11.7 Å². The van der Waals surface area contributed by atoms with Crippen molar-refractivity contribution in [1.29, 1.82) is 0 Å². The first-order valence-electron chi connectivity index (χ1n) is 8.39. The Balaban J connectivity index is 0.00000312. The van der Waals surface area contributed by atoms with E-state index in [9.17, 15) is 18.0 Å². The highest BCUT2D eigenvalue weighted by Gasteiger charge is 2.31. The Hall–Kier alpha value is -1.27. The van der Waals surface area contributed by atoms with Gasteiger partial charge < -0.3 is 10.6 Å². The molecule has 0 aliphatic carbocycles. The van der Waals surface area contributed by atoms with Crippen LogP contribution in [0.5, 0.6) is 0 Å². The number of nitrogens with two attached hydrogens (primary N) is 1. The summed E-state index contributed by atoms with van der Waals surface area (Å²) in [6, 6.07) is 5.27. The molecule has 0 aromatic heterocycles. The number of piperidine rings is 1. The van der Waals surface area contributed by atoms with Gasteiger partial charge in [-0.1, -0.05) is 25.1 Å². The Bertz CT molecular complexity index is 578. The lowest BCUT2D eigenvalue weighted by Gasteiger charge is -2.35. The number of nitrogens with zero attached hydrogens (tertiary/aromatic N) is 1. The van der Waals surface area contributed by atoms with Crippen LogP contribution in [0.25, 0.3) is 0 Å². The Morgan fingerprint density at radius 2 is 2.04 bits per heavy atom.